The molecule has 1 unspecified atom stereocenters. The standard InChI is InChI=1S/C17H19NO2/c19-17-16(15-9-5-2-6-10-15)18(11-12-20-17)13-14-7-3-1-4-8-14/h1-10,16-17,19H,11-13H2/t16?,17-/m1/s1. The van der Waals surface area contributed by atoms with Gasteiger partial charge in [0, 0.05) is 13.1 Å². The Kier molecular flexibility index (Phi) is 4.11. The lowest BCUT2D eigenvalue weighted by Crippen LogP contribution is -2.44. The van der Waals surface area contributed by atoms with Gasteiger partial charge in [-0.1, -0.05) is 60.7 Å². The summed E-state index contributed by atoms with van der Waals surface area (Å²) in [5.41, 5.74) is 2.35. The summed E-state index contributed by atoms with van der Waals surface area (Å²) in [6.45, 7) is 2.21. The van der Waals surface area contributed by atoms with Crippen LogP contribution in [0.3, 0.4) is 0 Å². The number of benzene rings is 2. The summed E-state index contributed by atoms with van der Waals surface area (Å²) in [5, 5.41) is 10.2. The fourth-order valence-corrected chi connectivity index (χ4v) is 2.72. The maximum Gasteiger partial charge on any atom is 0.174 e. The molecule has 0 aliphatic carbocycles. The zero-order chi connectivity index (χ0) is 13.8. The van der Waals surface area contributed by atoms with Gasteiger partial charge in [-0.25, -0.2) is 0 Å². The highest BCUT2D eigenvalue weighted by Crippen LogP contribution is 2.29. The molecule has 1 heterocycles. The summed E-state index contributed by atoms with van der Waals surface area (Å²) in [5.74, 6) is 0. The number of morpholine rings is 1. The fraction of sp³-hybridized carbons (Fsp3) is 0.294. The van der Waals surface area contributed by atoms with Crippen LogP contribution in [-0.4, -0.2) is 29.4 Å². The van der Waals surface area contributed by atoms with Crippen LogP contribution in [0, 0.1) is 0 Å². The molecular weight excluding hydrogens is 250 g/mol. The number of hydrogen-bond acceptors (Lipinski definition) is 3. The summed E-state index contributed by atoms with van der Waals surface area (Å²) in [4.78, 5) is 2.28. The zero-order valence-corrected chi connectivity index (χ0v) is 11.4. The van der Waals surface area contributed by atoms with Crippen LogP contribution in [0.1, 0.15) is 17.2 Å². The highest BCUT2D eigenvalue weighted by atomic mass is 16.6. The number of nitrogens with zero attached hydrogens (tertiary/aromatic N) is 1. The Morgan fingerprint density at radius 3 is 2.35 bits per heavy atom. The van der Waals surface area contributed by atoms with Crippen LogP contribution < -0.4 is 0 Å². The van der Waals surface area contributed by atoms with E-state index in [1.807, 2.05) is 48.5 Å². The minimum Gasteiger partial charge on any atom is -0.366 e. The van der Waals surface area contributed by atoms with Crippen LogP contribution in [-0.2, 0) is 11.3 Å². The minimum atomic E-state index is -0.769. The van der Waals surface area contributed by atoms with E-state index < -0.39 is 6.29 Å². The van der Waals surface area contributed by atoms with E-state index in [0.717, 1.165) is 18.7 Å². The van der Waals surface area contributed by atoms with E-state index in [1.165, 1.54) is 5.56 Å². The predicted molar refractivity (Wildman–Crippen MR) is 78.0 cm³/mol. The molecule has 1 N–H and O–H groups in total. The van der Waals surface area contributed by atoms with Crippen LogP contribution in [0.5, 0.6) is 0 Å². The average molecular weight is 269 g/mol. The van der Waals surface area contributed by atoms with Crippen molar-refractivity contribution in [1.29, 1.82) is 0 Å². The number of ether oxygens (including phenoxy) is 1. The number of aliphatic hydroxyl groups is 1. The minimum absolute atomic E-state index is 0.106. The van der Waals surface area contributed by atoms with Gasteiger partial charge in [-0.05, 0) is 11.1 Å². The van der Waals surface area contributed by atoms with E-state index in [9.17, 15) is 5.11 Å². The van der Waals surface area contributed by atoms with Crippen molar-refractivity contribution in [2.75, 3.05) is 13.2 Å². The van der Waals surface area contributed by atoms with Gasteiger partial charge in [0.1, 0.15) is 0 Å². The molecular formula is C17H19NO2. The lowest BCUT2D eigenvalue weighted by Gasteiger charge is -2.39. The van der Waals surface area contributed by atoms with Crippen molar-refractivity contribution in [3.8, 4) is 0 Å². The molecule has 0 bridgehead atoms. The van der Waals surface area contributed by atoms with Gasteiger partial charge in [-0.3, -0.25) is 4.90 Å². The van der Waals surface area contributed by atoms with Crippen molar-refractivity contribution in [3.63, 3.8) is 0 Å². The topological polar surface area (TPSA) is 32.7 Å². The van der Waals surface area contributed by atoms with Crippen molar-refractivity contribution >= 4 is 0 Å². The summed E-state index contributed by atoms with van der Waals surface area (Å²) in [6.07, 6.45) is -0.769. The first-order chi connectivity index (χ1) is 9.84. The van der Waals surface area contributed by atoms with E-state index in [4.69, 9.17) is 4.74 Å². The SMILES string of the molecule is O[C@@H]1OCCN(Cc2ccccc2)C1c1ccccc1. The van der Waals surface area contributed by atoms with Crippen LogP contribution >= 0.6 is 0 Å². The Labute approximate surface area is 119 Å². The Balaban J connectivity index is 1.83. The fourth-order valence-electron chi connectivity index (χ4n) is 2.72. The maximum absolute atomic E-state index is 10.2. The highest BCUT2D eigenvalue weighted by Gasteiger charge is 2.32. The Hall–Kier alpha value is -1.68. The van der Waals surface area contributed by atoms with Gasteiger partial charge in [0.05, 0.1) is 12.6 Å². The molecule has 3 heteroatoms. The van der Waals surface area contributed by atoms with Crippen LogP contribution in [0.2, 0.25) is 0 Å². The molecule has 0 saturated carbocycles. The molecule has 2 aromatic carbocycles. The molecule has 20 heavy (non-hydrogen) atoms. The smallest absolute Gasteiger partial charge is 0.174 e. The van der Waals surface area contributed by atoms with Gasteiger partial charge in [-0.2, -0.15) is 0 Å². The molecule has 2 atom stereocenters. The third-order valence-corrected chi connectivity index (χ3v) is 3.70. The first-order valence-electron chi connectivity index (χ1n) is 6.97. The van der Waals surface area contributed by atoms with Crippen molar-refractivity contribution < 1.29 is 9.84 Å². The summed E-state index contributed by atoms with van der Waals surface area (Å²) in [7, 11) is 0. The highest BCUT2D eigenvalue weighted by molar-refractivity contribution is 5.21. The first kappa shape index (κ1) is 13.3. The first-order valence-corrected chi connectivity index (χ1v) is 6.97. The zero-order valence-electron chi connectivity index (χ0n) is 11.4. The third-order valence-electron chi connectivity index (χ3n) is 3.70. The number of hydrogen-bond donors (Lipinski definition) is 1. The Bertz CT molecular complexity index is 529. The molecule has 0 amide bonds. The van der Waals surface area contributed by atoms with Gasteiger partial charge in [0.2, 0.25) is 0 Å². The van der Waals surface area contributed by atoms with Crippen LogP contribution in [0.4, 0.5) is 0 Å². The van der Waals surface area contributed by atoms with Crippen molar-refractivity contribution in [3.05, 3.63) is 71.8 Å². The summed E-state index contributed by atoms with van der Waals surface area (Å²) < 4.78 is 5.43. The molecule has 0 radical (unpaired) electrons. The van der Waals surface area contributed by atoms with E-state index in [-0.39, 0.29) is 6.04 Å². The van der Waals surface area contributed by atoms with Crippen LogP contribution in [0.15, 0.2) is 60.7 Å². The van der Waals surface area contributed by atoms with Crippen molar-refractivity contribution in [1.82, 2.24) is 4.90 Å². The quantitative estimate of drug-likeness (QED) is 0.929. The second-order valence-electron chi connectivity index (χ2n) is 5.07. The molecule has 3 nitrogen and oxygen atoms in total. The summed E-state index contributed by atoms with van der Waals surface area (Å²) in [6, 6.07) is 20.3. The van der Waals surface area contributed by atoms with Gasteiger partial charge >= 0.3 is 0 Å². The van der Waals surface area contributed by atoms with Gasteiger partial charge < -0.3 is 9.84 Å². The maximum atomic E-state index is 10.2. The molecule has 3 rings (SSSR count). The Morgan fingerprint density at radius 2 is 1.65 bits per heavy atom. The van der Waals surface area contributed by atoms with E-state index >= 15 is 0 Å². The monoisotopic (exact) mass is 269 g/mol. The second-order valence-corrected chi connectivity index (χ2v) is 5.07. The lowest BCUT2D eigenvalue weighted by atomic mass is 10.0. The molecule has 104 valence electrons. The molecule has 0 spiro atoms. The predicted octanol–water partition coefficient (Wildman–Crippen LogP) is 2.58. The Morgan fingerprint density at radius 1 is 1.00 bits per heavy atom. The number of rotatable bonds is 3. The normalized spacial score (nSPS) is 23.6. The van der Waals surface area contributed by atoms with E-state index in [2.05, 4.69) is 17.0 Å². The van der Waals surface area contributed by atoms with Crippen molar-refractivity contribution in [2.24, 2.45) is 0 Å². The van der Waals surface area contributed by atoms with Gasteiger partial charge in [0.25, 0.3) is 0 Å². The molecule has 0 aromatic heterocycles. The van der Waals surface area contributed by atoms with E-state index in [0.29, 0.717) is 6.61 Å². The van der Waals surface area contributed by atoms with Crippen molar-refractivity contribution in [2.45, 2.75) is 18.9 Å². The third kappa shape index (κ3) is 2.90. The van der Waals surface area contributed by atoms with E-state index in [1.54, 1.807) is 0 Å². The van der Waals surface area contributed by atoms with Crippen LogP contribution in [0.25, 0.3) is 0 Å². The second kappa shape index (κ2) is 6.18. The summed E-state index contributed by atoms with van der Waals surface area (Å²) >= 11 is 0. The van der Waals surface area contributed by atoms with Gasteiger partial charge in [-0.15, -0.1) is 0 Å². The van der Waals surface area contributed by atoms with Gasteiger partial charge in [0.15, 0.2) is 6.29 Å². The molecule has 1 saturated heterocycles. The number of aliphatic hydroxyl groups excluding tert-OH is 1. The lowest BCUT2D eigenvalue weighted by molar-refractivity contribution is -0.184. The average Bonchev–Trinajstić information content (AvgIpc) is 2.49. The largest absolute Gasteiger partial charge is 0.366 e. The molecule has 2 aromatic rings. The molecule has 1 aliphatic rings. The molecule has 1 aliphatic heterocycles. The molecule has 1 fully saturated rings.